The third-order valence-electron chi connectivity index (χ3n) is 4.22. The number of hydrazine groups is 1. The molecule has 1 aliphatic heterocycles. The lowest BCUT2D eigenvalue weighted by Crippen LogP contribution is -2.54. The lowest BCUT2D eigenvalue weighted by molar-refractivity contribution is -0.153. The number of carbonyl (C=O) groups excluding carboxylic acids is 1. The molecule has 1 atom stereocenters. The van der Waals surface area contributed by atoms with Crippen molar-refractivity contribution >= 4 is 5.91 Å². The van der Waals surface area contributed by atoms with Gasteiger partial charge in [0.2, 0.25) is 5.72 Å². The molecule has 0 radical (unpaired) electrons. The summed E-state index contributed by atoms with van der Waals surface area (Å²) in [5.41, 5.74) is 0.431. The summed E-state index contributed by atoms with van der Waals surface area (Å²) >= 11 is 0. The van der Waals surface area contributed by atoms with Crippen molar-refractivity contribution in [1.29, 1.82) is 0 Å². The van der Waals surface area contributed by atoms with Gasteiger partial charge in [-0.1, -0.05) is 62.4 Å². The van der Waals surface area contributed by atoms with Gasteiger partial charge in [-0.05, 0) is 6.07 Å². The van der Waals surface area contributed by atoms with Gasteiger partial charge in [-0.15, -0.1) is 0 Å². The van der Waals surface area contributed by atoms with Crippen molar-refractivity contribution in [3.8, 4) is 0 Å². The Labute approximate surface area is 130 Å². The number of hydrogen-bond donors (Lipinski definition) is 1. The number of hydrogen-bond acceptors (Lipinski definition) is 3. The lowest BCUT2D eigenvalue weighted by atomic mass is 9.94. The van der Waals surface area contributed by atoms with Crippen molar-refractivity contribution in [2.24, 2.45) is 0 Å². The van der Waals surface area contributed by atoms with Crippen LogP contribution in [0, 0.1) is 0 Å². The number of nitrogens with zero attached hydrogens (tertiary/aromatic N) is 2. The molecule has 3 rings (SSSR count). The van der Waals surface area contributed by atoms with Gasteiger partial charge in [0.05, 0.1) is 0 Å². The van der Waals surface area contributed by atoms with E-state index in [1.54, 1.807) is 6.07 Å². The van der Waals surface area contributed by atoms with E-state index in [1.807, 2.05) is 67.4 Å². The van der Waals surface area contributed by atoms with Crippen LogP contribution in [0.3, 0.4) is 0 Å². The van der Waals surface area contributed by atoms with E-state index in [-0.39, 0.29) is 5.91 Å². The third-order valence-corrected chi connectivity index (χ3v) is 4.22. The van der Waals surface area contributed by atoms with Crippen molar-refractivity contribution in [3.63, 3.8) is 0 Å². The molecule has 1 aliphatic rings. The number of benzene rings is 2. The van der Waals surface area contributed by atoms with Crippen molar-refractivity contribution in [2.45, 2.75) is 19.6 Å². The van der Waals surface area contributed by atoms with E-state index >= 15 is 0 Å². The Kier molecular flexibility index (Phi) is 3.72. The normalized spacial score (nSPS) is 20.5. The average Bonchev–Trinajstić information content (AvgIpc) is 2.80. The van der Waals surface area contributed by atoms with Crippen molar-refractivity contribution in [2.75, 3.05) is 13.1 Å². The Morgan fingerprint density at radius 3 is 2.23 bits per heavy atom. The topological polar surface area (TPSA) is 43.8 Å². The Morgan fingerprint density at radius 1 is 1.00 bits per heavy atom. The summed E-state index contributed by atoms with van der Waals surface area (Å²) in [5.74, 6) is -0.161. The zero-order valence-electron chi connectivity index (χ0n) is 12.9. The molecule has 0 aromatic heterocycles. The fourth-order valence-electron chi connectivity index (χ4n) is 3.14. The molecular weight excluding hydrogens is 276 g/mol. The highest BCUT2D eigenvalue weighted by atomic mass is 16.3. The molecule has 0 bridgehead atoms. The Bertz CT molecular complexity index is 682. The molecule has 0 aliphatic carbocycles. The van der Waals surface area contributed by atoms with E-state index in [2.05, 4.69) is 0 Å². The molecule has 1 amide bonds. The number of carbonyl (C=O) groups is 1. The summed E-state index contributed by atoms with van der Waals surface area (Å²) in [4.78, 5) is 12.9. The maximum atomic E-state index is 12.9. The molecule has 4 nitrogen and oxygen atoms in total. The van der Waals surface area contributed by atoms with E-state index < -0.39 is 5.72 Å². The first-order chi connectivity index (χ1) is 10.6. The van der Waals surface area contributed by atoms with Gasteiger partial charge in [0.25, 0.3) is 5.91 Å². The Hall–Kier alpha value is -2.17. The molecule has 22 heavy (non-hydrogen) atoms. The largest absolute Gasteiger partial charge is 0.362 e. The molecule has 0 saturated heterocycles. The minimum absolute atomic E-state index is 0.161. The van der Waals surface area contributed by atoms with Gasteiger partial charge in [-0.2, -0.15) is 0 Å². The first-order valence-electron chi connectivity index (χ1n) is 7.61. The maximum Gasteiger partial charge on any atom is 0.271 e. The van der Waals surface area contributed by atoms with Gasteiger partial charge in [0.15, 0.2) is 0 Å². The van der Waals surface area contributed by atoms with Crippen LogP contribution in [0.5, 0.6) is 0 Å². The van der Waals surface area contributed by atoms with Crippen molar-refractivity contribution in [1.82, 2.24) is 10.0 Å². The summed E-state index contributed by atoms with van der Waals surface area (Å²) in [6.45, 7) is 5.24. The van der Waals surface area contributed by atoms with Crippen LogP contribution in [0.25, 0.3) is 0 Å². The quantitative estimate of drug-likeness (QED) is 0.943. The number of amides is 1. The van der Waals surface area contributed by atoms with E-state index in [1.165, 1.54) is 5.01 Å². The zero-order chi connectivity index (χ0) is 15.7. The van der Waals surface area contributed by atoms with Crippen LogP contribution in [0.4, 0.5) is 0 Å². The number of rotatable bonds is 4. The van der Waals surface area contributed by atoms with E-state index in [9.17, 15) is 9.90 Å². The van der Waals surface area contributed by atoms with Crippen LogP contribution in [0.1, 0.15) is 35.3 Å². The Morgan fingerprint density at radius 2 is 1.59 bits per heavy atom. The summed E-state index contributed by atoms with van der Waals surface area (Å²) in [5, 5.41) is 14.9. The molecule has 0 unspecified atom stereocenters. The van der Waals surface area contributed by atoms with E-state index in [0.717, 1.165) is 0 Å². The standard InChI is InChI=1S/C18H20N2O2/c1-3-19(4-2)20-17(21)15-12-8-9-13-16(15)18(20,22)14-10-6-5-7-11-14/h5-13,22H,3-4H2,1-2H3/t18-/m0/s1. The summed E-state index contributed by atoms with van der Waals surface area (Å²) in [7, 11) is 0. The first-order valence-corrected chi connectivity index (χ1v) is 7.61. The molecule has 0 fully saturated rings. The van der Waals surface area contributed by atoms with Crippen LogP contribution in [-0.2, 0) is 5.72 Å². The number of aliphatic hydroxyl groups is 1. The summed E-state index contributed by atoms with van der Waals surface area (Å²) in [6, 6.07) is 16.6. The minimum Gasteiger partial charge on any atom is -0.362 e. The first kappa shape index (κ1) is 14.8. The second-order valence-corrected chi connectivity index (χ2v) is 5.34. The van der Waals surface area contributed by atoms with Gasteiger partial charge in [-0.25, -0.2) is 10.0 Å². The Balaban J connectivity index is 2.24. The molecule has 0 saturated carbocycles. The summed E-state index contributed by atoms with van der Waals surface area (Å²) < 4.78 is 0. The molecule has 2 aromatic carbocycles. The van der Waals surface area contributed by atoms with Crippen LogP contribution < -0.4 is 0 Å². The molecule has 114 valence electrons. The molecule has 0 spiro atoms. The molecule has 4 heteroatoms. The lowest BCUT2D eigenvalue weighted by Gasteiger charge is -2.41. The molecule has 2 aromatic rings. The van der Waals surface area contributed by atoms with Gasteiger partial charge in [0, 0.05) is 29.8 Å². The molecule has 1 heterocycles. The van der Waals surface area contributed by atoms with Crippen molar-refractivity contribution in [3.05, 3.63) is 71.3 Å². The van der Waals surface area contributed by atoms with Crippen molar-refractivity contribution < 1.29 is 9.90 Å². The minimum atomic E-state index is -1.46. The molecular formula is C18H20N2O2. The van der Waals surface area contributed by atoms with Crippen LogP contribution in [0.15, 0.2) is 54.6 Å². The fraction of sp³-hybridized carbons (Fsp3) is 0.278. The highest BCUT2D eigenvalue weighted by Gasteiger charge is 2.51. The smallest absolute Gasteiger partial charge is 0.271 e. The predicted molar refractivity (Wildman–Crippen MR) is 85.0 cm³/mol. The molecule has 1 N–H and O–H groups in total. The fourth-order valence-corrected chi connectivity index (χ4v) is 3.14. The van der Waals surface area contributed by atoms with Crippen LogP contribution >= 0.6 is 0 Å². The van der Waals surface area contributed by atoms with Gasteiger partial charge in [0.1, 0.15) is 0 Å². The van der Waals surface area contributed by atoms with Gasteiger partial charge >= 0.3 is 0 Å². The number of fused-ring (bicyclic) bond motifs is 1. The SMILES string of the molecule is CCN(CC)N1C(=O)c2ccccc2[C@@]1(O)c1ccccc1. The van der Waals surface area contributed by atoms with E-state index in [4.69, 9.17) is 0 Å². The highest BCUT2D eigenvalue weighted by molar-refractivity contribution is 6.00. The van der Waals surface area contributed by atoms with E-state index in [0.29, 0.717) is 29.8 Å². The monoisotopic (exact) mass is 296 g/mol. The highest BCUT2D eigenvalue weighted by Crippen LogP contribution is 2.42. The average molecular weight is 296 g/mol. The maximum absolute atomic E-state index is 12.9. The zero-order valence-corrected chi connectivity index (χ0v) is 12.9. The van der Waals surface area contributed by atoms with Gasteiger partial charge < -0.3 is 5.11 Å². The third kappa shape index (κ3) is 1.95. The predicted octanol–water partition coefficient (Wildman–Crippen LogP) is 2.59. The van der Waals surface area contributed by atoms with Gasteiger partial charge in [-0.3, -0.25) is 4.79 Å². The second-order valence-electron chi connectivity index (χ2n) is 5.34. The summed E-state index contributed by atoms with van der Waals surface area (Å²) in [6.07, 6.45) is 0. The van der Waals surface area contributed by atoms with Crippen LogP contribution in [-0.4, -0.2) is 34.1 Å². The van der Waals surface area contributed by atoms with Crippen LogP contribution in [0.2, 0.25) is 0 Å². The second kappa shape index (κ2) is 5.55.